The molecule has 2 aromatic heterocycles. The highest BCUT2D eigenvalue weighted by Crippen LogP contribution is 2.41. The molecule has 1 fully saturated rings. The number of amides is 1. The van der Waals surface area contributed by atoms with Crippen LogP contribution in [0.25, 0.3) is 11.3 Å². The second-order valence-electron chi connectivity index (χ2n) is 8.69. The first kappa shape index (κ1) is 25.4. The van der Waals surface area contributed by atoms with Crippen LogP contribution in [0.2, 0.25) is 5.02 Å². The number of nitrogens with one attached hydrogen (secondary N) is 2. The summed E-state index contributed by atoms with van der Waals surface area (Å²) < 4.78 is 6.25. The summed E-state index contributed by atoms with van der Waals surface area (Å²) in [6.45, 7) is 0.337. The highest BCUT2D eigenvalue weighted by atomic mass is 35.5. The number of hydrogen-bond donors (Lipinski definition) is 3. The van der Waals surface area contributed by atoms with E-state index in [1.54, 1.807) is 12.3 Å². The molecule has 2 aromatic carbocycles. The average molecular weight is 547 g/mol. The third kappa shape index (κ3) is 5.39. The number of aromatic nitrogens is 1. The Bertz CT molecular complexity index is 1480. The van der Waals surface area contributed by atoms with Crippen LogP contribution in [-0.2, 0) is 4.79 Å². The number of nitrogens with zero attached hydrogens (tertiary/aromatic N) is 2. The number of aromatic carboxylic acids is 1. The van der Waals surface area contributed by atoms with Gasteiger partial charge in [-0.15, -0.1) is 0 Å². The number of carboxylic acids is 1. The van der Waals surface area contributed by atoms with Crippen LogP contribution in [0.1, 0.15) is 40.3 Å². The normalized spacial score (nSPS) is 16.8. The number of carbonyl (C=O) groups excluding carboxylic acids is 1. The van der Waals surface area contributed by atoms with Gasteiger partial charge in [0, 0.05) is 30.4 Å². The number of thiocarbonyl (C=S) groups is 1. The highest BCUT2D eigenvalue weighted by Gasteiger charge is 2.41. The van der Waals surface area contributed by atoms with E-state index in [1.807, 2.05) is 59.5 Å². The van der Waals surface area contributed by atoms with Crippen LogP contribution in [-0.4, -0.2) is 38.5 Å². The molecule has 2 atom stereocenters. The minimum atomic E-state index is -1.06. The summed E-state index contributed by atoms with van der Waals surface area (Å²) in [5.74, 6) is -0.206. The Morgan fingerprint density at radius 3 is 2.61 bits per heavy atom. The molecular weight excluding hydrogens is 524 g/mol. The van der Waals surface area contributed by atoms with E-state index in [0.29, 0.717) is 33.8 Å². The largest absolute Gasteiger partial charge is 0.478 e. The van der Waals surface area contributed by atoms with Gasteiger partial charge in [0.2, 0.25) is 5.91 Å². The van der Waals surface area contributed by atoms with Crippen molar-refractivity contribution in [3.05, 3.63) is 107 Å². The molecule has 0 saturated carbocycles. The van der Waals surface area contributed by atoms with E-state index in [4.69, 9.17) is 28.2 Å². The van der Waals surface area contributed by atoms with Gasteiger partial charge in [0.05, 0.1) is 22.3 Å². The monoisotopic (exact) mass is 546 g/mol. The van der Waals surface area contributed by atoms with Crippen molar-refractivity contribution in [2.24, 2.45) is 0 Å². The summed E-state index contributed by atoms with van der Waals surface area (Å²) in [4.78, 5) is 30.6. The fraction of sp³-hybridized carbons (Fsp3) is 0.143. The summed E-state index contributed by atoms with van der Waals surface area (Å²) in [5, 5.41) is 16.5. The van der Waals surface area contributed by atoms with Gasteiger partial charge in [0.25, 0.3) is 0 Å². The predicted molar refractivity (Wildman–Crippen MR) is 148 cm³/mol. The molecule has 5 rings (SSSR count). The Labute approximate surface area is 229 Å². The first-order valence-electron chi connectivity index (χ1n) is 11.9. The summed E-state index contributed by atoms with van der Waals surface area (Å²) in [6.07, 6.45) is 1.90. The lowest BCUT2D eigenvalue weighted by Gasteiger charge is -2.25. The van der Waals surface area contributed by atoms with Crippen LogP contribution >= 0.6 is 23.8 Å². The van der Waals surface area contributed by atoms with Gasteiger partial charge in [-0.05, 0) is 66.8 Å². The van der Waals surface area contributed by atoms with Gasteiger partial charge in [-0.3, -0.25) is 9.78 Å². The number of rotatable bonds is 8. The molecule has 8 nitrogen and oxygen atoms in total. The number of para-hydroxylation sites is 1. The van der Waals surface area contributed by atoms with Crippen LogP contribution in [0.3, 0.4) is 0 Å². The zero-order valence-corrected chi connectivity index (χ0v) is 21.6. The quantitative estimate of drug-likeness (QED) is 0.242. The van der Waals surface area contributed by atoms with Crippen LogP contribution in [0.5, 0.6) is 0 Å². The molecule has 0 unspecified atom stereocenters. The van der Waals surface area contributed by atoms with Crippen LogP contribution in [0.15, 0.2) is 89.5 Å². The van der Waals surface area contributed by atoms with Gasteiger partial charge < -0.3 is 25.1 Å². The fourth-order valence-electron chi connectivity index (χ4n) is 4.43. The Morgan fingerprint density at radius 2 is 1.87 bits per heavy atom. The van der Waals surface area contributed by atoms with Crippen molar-refractivity contribution in [1.82, 2.24) is 15.2 Å². The maximum atomic E-state index is 12.7. The van der Waals surface area contributed by atoms with Crippen molar-refractivity contribution < 1.29 is 19.1 Å². The van der Waals surface area contributed by atoms with E-state index >= 15 is 0 Å². The summed E-state index contributed by atoms with van der Waals surface area (Å²) in [7, 11) is 0. The number of hydrogen-bond acceptors (Lipinski definition) is 5. The molecule has 0 spiro atoms. The molecule has 0 bridgehead atoms. The van der Waals surface area contributed by atoms with Gasteiger partial charge in [0.15, 0.2) is 5.11 Å². The van der Waals surface area contributed by atoms with Gasteiger partial charge in [-0.1, -0.05) is 35.9 Å². The molecule has 1 amide bonds. The van der Waals surface area contributed by atoms with Gasteiger partial charge in [-0.25, -0.2) is 4.79 Å². The number of carbonyl (C=O) groups is 2. The number of benzene rings is 2. The molecule has 1 saturated heterocycles. The Morgan fingerprint density at radius 1 is 1.08 bits per heavy atom. The molecule has 192 valence electrons. The van der Waals surface area contributed by atoms with Crippen molar-refractivity contribution in [1.29, 1.82) is 0 Å². The molecule has 3 N–H and O–H groups in total. The molecule has 3 heterocycles. The van der Waals surface area contributed by atoms with Crippen molar-refractivity contribution in [3.8, 4) is 11.3 Å². The van der Waals surface area contributed by atoms with Crippen LogP contribution in [0, 0.1) is 0 Å². The molecule has 4 aromatic rings. The third-order valence-corrected chi connectivity index (χ3v) is 6.91. The minimum absolute atomic E-state index is 0.100. The molecule has 1 aliphatic heterocycles. The van der Waals surface area contributed by atoms with Crippen LogP contribution in [0.4, 0.5) is 5.69 Å². The fourth-order valence-corrected chi connectivity index (χ4v) is 4.97. The van der Waals surface area contributed by atoms with Crippen LogP contribution < -0.4 is 10.6 Å². The smallest absolute Gasteiger partial charge is 0.335 e. The second-order valence-corrected chi connectivity index (χ2v) is 9.48. The SMILES string of the molecule is O=C(CCN1C(=S)N[C@H](c2ccccn2)[C@H]1c1ccc(-c2cc(C(=O)O)ccc2Cl)o1)Nc1ccccc1. The van der Waals surface area contributed by atoms with Crippen molar-refractivity contribution >= 4 is 46.5 Å². The lowest BCUT2D eigenvalue weighted by Crippen LogP contribution is -2.32. The van der Waals surface area contributed by atoms with Gasteiger partial charge in [0.1, 0.15) is 17.6 Å². The zero-order chi connectivity index (χ0) is 26.6. The average Bonchev–Trinajstić information content (AvgIpc) is 3.53. The predicted octanol–water partition coefficient (Wildman–Crippen LogP) is 5.69. The summed E-state index contributed by atoms with van der Waals surface area (Å²) >= 11 is 12.1. The van der Waals surface area contributed by atoms with Gasteiger partial charge >= 0.3 is 5.97 Å². The van der Waals surface area contributed by atoms with Crippen molar-refractivity contribution in [2.45, 2.75) is 18.5 Å². The van der Waals surface area contributed by atoms with E-state index in [0.717, 1.165) is 11.4 Å². The van der Waals surface area contributed by atoms with E-state index in [2.05, 4.69) is 15.6 Å². The Hall–Kier alpha value is -4.21. The van der Waals surface area contributed by atoms with Crippen molar-refractivity contribution in [2.75, 3.05) is 11.9 Å². The number of carboxylic acid groups (broad SMARTS) is 1. The second kappa shape index (κ2) is 11.0. The Kier molecular flexibility index (Phi) is 7.39. The highest BCUT2D eigenvalue weighted by molar-refractivity contribution is 7.80. The van der Waals surface area contributed by atoms with E-state index < -0.39 is 12.0 Å². The molecular formula is C28H23ClN4O4S. The zero-order valence-electron chi connectivity index (χ0n) is 20.0. The van der Waals surface area contributed by atoms with Gasteiger partial charge in [-0.2, -0.15) is 0 Å². The lowest BCUT2D eigenvalue weighted by molar-refractivity contribution is -0.116. The first-order chi connectivity index (χ1) is 18.4. The molecule has 10 heteroatoms. The molecule has 0 aliphatic carbocycles. The minimum Gasteiger partial charge on any atom is -0.478 e. The maximum absolute atomic E-state index is 12.7. The first-order valence-corrected chi connectivity index (χ1v) is 12.7. The Balaban J connectivity index is 1.44. The third-order valence-electron chi connectivity index (χ3n) is 6.23. The number of anilines is 1. The maximum Gasteiger partial charge on any atom is 0.335 e. The summed E-state index contributed by atoms with van der Waals surface area (Å²) in [6, 6.07) is 22.2. The standard InChI is InChI=1S/C28H23ClN4O4S/c29-20-10-9-17(27(35)36)16-19(20)22-11-12-23(37-22)26-25(21-8-4-5-14-30-21)32-28(38)33(26)15-13-24(34)31-18-6-2-1-3-7-18/h1-12,14,16,25-26H,13,15H2,(H,31,34)(H,32,38)(H,35,36)/t25-,26-/m1/s1. The summed E-state index contributed by atoms with van der Waals surface area (Å²) in [5.41, 5.74) is 2.05. The molecule has 0 radical (unpaired) electrons. The van der Waals surface area contributed by atoms with E-state index in [9.17, 15) is 14.7 Å². The number of furan rings is 1. The van der Waals surface area contributed by atoms with Crippen molar-refractivity contribution in [3.63, 3.8) is 0 Å². The molecule has 1 aliphatic rings. The van der Waals surface area contributed by atoms with E-state index in [-0.39, 0.29) is 23.9 Å². The molecule has 38 heavy (non-hydrogen) atoms. The number of pyridine rings is 1. The number of halogens is 1. The van der Waals surface area contributed by atoms with E-state index in [1.165, 1.54) is 18.2 Å². The lowest BCUT2D eigenvalue weighted by atomic mass is 10.0. The topological polar surface area (TPSA) is 108 Å².